The van der Waals surface area contributed by atoms with Crippen molar-refractivity contribution in [3.05, 3.63) is 89.7 Å². The van der Waals surface area contributed by atoms with Gasteiger partial charge in [0.25, 0.3) is 0 Å². The molecule has 1 N–H and O–H groups in total. The van der Waals surface area contributed by atoms with Crippen LogP contribution in [0.2, 0.25) is 0 Å². The Morgan fingerprint density at radius 1 is 0.971 bits per heavy atom. The van der Waals surface area contributed by atoms with Gasteiger partial charge in [-0.1, -0.05) is 60.3 Å². The third-order valence-electron chi connectivity index (χ3n) is 5.27. The summed E-state index contributed by atoms with van der Waals surface area (Å²) in [6.07, 6.45) is 0. The summed E-state index contributed by atoms with van der Waals surface area (Å²) in [6.45, 7) is 1.03. The Morgan fingerprint density at radius 2 is 1.76 bits per heavy atom. The van der Waals surface area contributed by atoms with Crippen LogP contribution in [0.1, 0.15) is 11.1 Å². The predicted octanol–water partition coefficient (Wildman–Crippen LogP) is 4.27. The van der Waals surface area contributed by atoms with Gasteiger partial charge < -0.3 is 14.8 Å². The zero-order valence-electron chi connectivity index (χ0n) is 18.1. The van der Waals surface area contributed by atoms with Crippen LogP contribution in [-0.4, -0.2) is 33.2 Å². The second-order valence-electron chi connectivity index (χ2n) is 7.61. The predicted molar refractivity (Wildman–Crippen MR) is 126 cm³/mol. The number of nitrogens with one attached hydrogen (secondary N) is 1. The van der Waals surface area contributed by atoms with E-state index < -0.39 is 0 Å². The number of rotatable bonds is 8. The molecule has 172 valence electrons. The summed E-state index contributed by atoms with van der Waals surface area (Å²) in [7, 11) is 0. The maximum absolute atomic E-state index is 14.5. The lowest BCUT2D eigenvalue weighted by Gasteiger charge is -2.11. The number of benzene rings is 3. The van der Waals surface area contributed by atoms with E-state index in [2.05, 4.69) is 15.5 Å². The number of hydrogen-bond donors (Lipinski definition) is 1. The SMILES string of the molecule is O=C(CSc1nnc(-c2ccccc2F)n1Cc1ccccc1)NCc1ccc2c(c1)OCO2. The Balaban J connectivity index is 1.29. The summed E-state index contributed by atoms with van der Waals surface area (Å²) >= 11 is 1.26. The molecule has 1 aliphatic heterocycles. The monoisotopic (exact) mass is 476 g/mol. The zero-order chi connectivity index (χ0) is 23.3. The van der Waals surface area contributed by atoms with E-state index >= 15 is 0 Å². The summed E-state index contributed by atoms with van der Waals surface area (Å²) in [4.78, 5) is 12.5. The lowest BCUT2D eigenvalue weighted by molar-refractivity contribution is -0.118. The first kappa shape index (κ1) is 22.0. The number of fused-ring (bicyclic) bond motifs is 1. The van der Waals surface area contributed by atoms with Crippen LogP contribution in [-0.2, 0) is 17.9 Å². The third-order valence-corrected chi connectivity index (χ3v) is 6.24. The molecule has 0 saturated heterocycles. The standard InChI is InChI=1S/C25H21FN4O3S/c26-20-9-5-4-8-19(20)24-28-29-25(30(24)14-17-6-2-1-3-7-17)34-15-23(31)27-13-18-10-11-21-22(12-18)33-16-32-21/h1-12H,13-16H2,(H,27,31). The maximum Gasteiger partial charge on any atom is 0.231 e. The number of thioether (sulfide) groups is 1. The number of halogens is 1. The van der Waals surface area contributed by atoms with Crippen LogP contribution in [0.25, 0.3) is 11.4 Å². The largest absolute Gasteiger partial charge is 0.454 e. The van der Waals surface area contributed by atoms with Gasteiger partial charge in [-0.3, -0.25) is 9.36 Å². The van der Waals surface area contributed by atoms with Crippen LogP contribution in [0, 0.1) is 5.82 Å². The molecular weight excluding hydrogens is 455 g/mol. The molecule has 4 aromatic rings. The Bertz CT molecular complexity index is 1310. The van der Waals surface area contributed by atoms with Crippen molar-refractivity contribution in [2.45, 2.75) is 18.2 Å². The number of aromatic nitrogens is 3. The molecular formula is C25H21FN4O3S. The second kappa shape index (κ2) is 9.96. The van der Waals surface area contributed by atoms with E-state index in [0.29, 0.717) is 41.1 Å². The summed E-state index contributed by atoms with van der Waals surface area (Å²) in [5.41, 5.74) is 2.30. The quantitative estimate of drug-likeness (QED) is 0.383. The molecule has 0 aliphatic carbocycles. The average molecular weight is 477 g/mol. The van der Waals surface area contributed by atoms with Crippen molar-refractivity contribution in [1.29, 1.82) is 0 Å². The molecule has 5 rings (SSSR count). The number of carbonyl (C=O) groups is 1. The first-order chi connectivity index (χ1) is 16.7. The first-order valence-corrected chi connectivity index (χ1v) is 11.7. The summed E-state index contributed by atoms with van der Waals surface area (Å²) in [5, 5.41) is 11.9. The fourth-order valence-corrected chi connectivity index (χ4v) is 4.35. The van der Waals surface area contributed by atoms with Crippen LogP contribution in [0.15, 0.2) is 78.0 Å². The molecule has 0 unspecified atom stereocenters. The van der Waals surface area contributed by atoms with Crippen molar-refractivity contribution < 1.29 is 18.7 Å². The highest BCUT2D eigenvalue weighted by Crippen LogP contribution is 2.32. The van der Waals surface area contributed by atoms with Crippen LogP contribution in [0.5, 0.6) is 11.5 Å². The van der Waals surface area contributed by atoms with Gasteiger partial charge in [-0.15, -0.1) is 10.2 Å². The molecule has 1 aliphatic rings. The van der Waals surface area contributed by atoms with Crippen molar-refractivity contribution in [2.24, 2.45) is 0 Å². The minimum Gasteiger partial charge on any atom is -0.454 e. The number of hydrogen-bond acceptors (Lipinski definition) is 6. The smallest absolute Gasteiger partial charge is 0.231 e. The fraction of sp³-hybridized carbons (Fsp3) is 0.160. The molecule has 0 fully saturated rings. The van der Waals surface area contributed by atoms with Gasteiger partial charge in [0.1, 0.15) is 5.82 Å². The molecule has 2 heterocycles. The van der Waals surface area contributed by atoms with Crippen LogP contribution in [0.3, 0.4) is 0 Å². The Morgan fingerprint density at radius 3 is 2.62 bits per heavy atom. The molecule has 3 aromatic carbocycles. The molecule has 1 amide bonds. The average Bonchev–Trinajstić information content (AvgIpc) is 3.49. The van der Waals surface area contributed by atoms with Crippen LogP contribution < -0.4 is 14.8 Å². The van der Waals surface area contributed by atoms with E-state index in [0.717, 1.165) is 11.1 Å². The molecule has 0 saturated carbocycles. The first-order valence-electron chi connectivity index (χ1n) is 10.7. The Hall–Kier alpha value is -3.85. The van der Waals surface area contributed by atoms with Gasteiger partial charge in [-0.2, -0.15) is 0 Å². The number of carbonyl (C=O) groups excluding carboxylic acids is 1. The minimum atomic E-state index is -0.373. The summed E-state index contributed by atoms with van der Waals surface area (Å²) in [5.74, 6) is 1.43. The summed E-state index contributed by atoms with van der Waals surface area (Å²) in [6, 6.07) is 21.8. The normalized spacial score (nSPS) is 12.0. The van der Waals surface area contributed by atoms with Gasteiger partial charge in [0.05, 0.1) is 17.9 Å². The molecule has 0 bridgehead atoms. The van der Waals surface area contributed by atoms with Crippen LogP contribution >= 0.6 is 11.8 Å². The molecule has 7 nitrogen and oxygen atoms in total. The Kier molecular flexibility index (Phi) is 6.44. The van der Waals surface area contributed by atoms with E-state index in [-0.39, 0.29) is 24.3 Å². The zero-order valence-corrected chi connectivity index (χ0v) is 18.9. The highest BCUT2D eigenvalue weighted by atomic mass is 32.2. The van der Waals surface area contributed by atoms with Gasteiger partial charge in [0, 0.05) is 6.54 Å². The van der Waals surface area contributed by atoms with E-state index in [1.807, 2.05) is 53.1 Å². The molecule has 9 heteroatoms. The third kappa shape index (κ3) is 4.89. The van der Waals surface area contributed by atoms with E-state index in [1.165, 1.54) is 17.8 Å². The number of nitrogens with zero attached hydrogens (tertiary/aromatic N) is 3. The highest BCUT2D eigenvalue weighted by Gasteiger charge is 2.19. The van der Waals surface area contributed by atoms with Crippen molar-refractivity contribution in [1.82, 2.24) is 20.1 Å². The van der Waals surface area contributed by atoms with Gasteiger partial charge in [0.2, 0.25) is 12.7 Å². The molecule has 0 radical (unpaired) electrons. The van der Waals surface area contributed by atoms with E-state index in [1.54, 1.807) is 18.2 Å². The van der Waals surface area contributed by atoms with Crippen molar-refractivity contribution in [3.8, 4) is 22.9 Å². The van der Waals surface area contributed by atoms with Gasteiger partial charge in [0.15, 0.2) is 22.5 Å². The lowest BCUT2D eigenvalue weighted by Crippen LogP contribution is -2.24. The van der Waals surface area contributed by atoms with Gasteiger partial charge >= 0.3 is 0 Å². The number of ether oxygens (including phenoxy) is 2. The van der Waals surface area contributed by atoms with Gasteiger partial charge in [-0.05, 0) is 35.4 Å². The number of amides is 1. The van der Waals surface area contributed by atoms with Crippen molar-refractivity contribution in [3.63, 3.8) is 0 Å². The molecule has 0 atom stereocenters. The van der Waals surface area contributed by atoms with E-state index in [9.17, 15) is 9.18 Å². The lowest BCUT2D eigenvalue weighted by atomic mass is 10.2. The topological polar surface area (TPSA) is 78.3 Å². The molecule has 34 heavy (non-hydrogen) atoms. The fourth-order valence-electron chi connectivity index (χ4n) is 3.58. The second-order valence-corrected chi connectivity index (χ2v) is 8.55. The maximum atomic E-state index is 14.5. The van der Waals surface area contributed by atoms with Crippen molar-refractivity contribution >= 4 is 17.7 Å². The molecule has 0 spiro atoms. The van der Waals surface area contributed by atoms with Crippen LogP contribution in [0.4, 0.5) is 4.39 Å². The van der Waals surface area contributed by atoms with E-state index in [4.69, 9.17) is 9.47 Å². The Labute approximate surface area is 199 Å². The van der Waals surface area contributed by atoms with Crippen molar-refractivity contribution in [2.75, 3.05) is 12.5 Å². The molecule has 1 aromatic heterocycles. The summed E-state index contributed by atoms with van der Waals surface area (Å²) < 4.78 is 27.0. The van der Waals surface area contributed by atoms with Gasteiger partial charge in [-0.25, -0.2) is 4.39 Å². The highest BCUT2D eigenvalue weighted by molar-refractivity contribution is 7.99. The minimum absolute atomic E-state index is 0.148.